The van der Waals surface area contributed by atoms with Crippen LogP contribution in [-0.4, -0.2) is 21.4 Å². The Morgan fingerprint density at radius 2 is 2.55 bits per heavy atom. The number of hydrogen-bond acceptors (Lipinski definition) is 6. The quantitative estimate of drug-likeness (QED) is 0.702. The minimum absolute atomic E-state index is 0.447. The lowest BCUT2D eigenvalue weighted by Gasteiger charge is -1.83. The number of aromatic nitrogens is 2. The molecule has 0 aliphatic carbocycles. The summed E-state index contributed by atoms with van der Waals surface area (Å²) in [6.45, 7) is 0. The number of nitriles is 1. The maximum Gasteiger partial charge on any atom is 0.200 e. The van der Waals surface area contributed by atoms with Crippen molar-refractivity contribution in [1.29, 1.82) is 5.26 Å². The summed E-state index contributed by atoms with van der Waals surface area (Å²) in [6.07, 6.45) is 1.93. The van der Waals surface area contributed by atoms with Crippen LogP contribution in [0.3, 0.4) is 0 Å². The van der Waals surface area contributed by atoms with E-state index in [0.29, 0.717) is 5.75 Å². The van der Waals surface area contributed by atoms with E-state index in [-0.39, 0.29) is 0 Å². The van der Waals surface area contributed by atoms with Gasteiger partial charge in [0.2, 0.25) is 5.16 Å². The highest BCUT2D eigenvalue weighted by molar-refractivity contribution is 8.01. The van der Waals surface area contributed by atoms with Gasteiger partial charge in [0.15, 0.2) is 4.34 Å². The van der Waals surface area contributed by atoms with Crippen molar-refractivity contribution in [3.8, 4) is 6.07 Å². The largest absolute Gasteiger partial charge is 0.203 e. The number of rotatable bonds is 3. The molecule has 0 fully saturated rings. The van der Waals surface area contributed by atoms with Crippen molar-refractivity contribution < 1.29 is 0 Å². The number of nitrogens with zero attached hydrogens (tertiary/aromatic N) is 3. The summed E-state index contributed by atoms with van der Waals surface area (Å²) in [6, 6.07) is 2.04. The predicted octanol–water partition coefficient (Wildman–Crippen LogP) is 1.88. The topological polar surface area (TPSA) is 49.6 Å². The molecule has 0 N–H and O–H groups in total. The molecule has 1 aromatic heterocycles. The summed E-state index contributed by atoms with van der Waals surface area (Å²) in [4.78, 5) is 4.15. The van der Waals surface area contributed by atoms with Gasteiger partial charge in [0.1, 0.15) is 0 Å². The summed E-state index contributed by atoms with van der Waals surface area (Å²) >= 11 is 4.29. The summed E-state index contributed by atoms with van der Waals surface area (Å²) < 4.78 is 4.92. The molecule has 0 atom stereocenters. The lowest BCUT2D eigenvalue weighted by Crippen LogP contribution is -1.73. The van der Waals surface area contributed by atoms with Crippen LogP contribution in [0.15, 0.2) is 9.50 Å². The smallest absolute Gasteiger partial charge is 0.200 e. The van der Waals surface area contributed by atoms with E-state index in [1.54, 1.807) is 0 Å². The summed E-state index contributed by atoms with van der Waals surface area (Å²) in [5.41, 5.74) is 0. The highest BCUT2D eigenvalue weighted by atomic mass is 32.2. The van der Waals surface area contributed by atoms with Crippen molar-refractivity contribution in [3.63, 3.8) is 0 Å². The molecule has 0 radical (unpaired) electrons. The second kappa shape index (κ2) is 4.59. The number of hydrogen-bond donors (Lipinski definition) is 0. The van der Waals surface area contributed by atoms with Crippen molar-refractivity contribution in [2.75, 3.05) is 12.0 Å². The van der Waals surface area contributed by atoms with Gasteiger partial charge in [-0.3, -0.25) is 0 Å². The van der Waals surface area contributed by atoms with Crippen LogP contribution in [-0.2, 0) is 0 Å². The van der Waals surface area contributed by atoms with E-state index in [2.05, 4.69) is 9.36 Å². The maximum absolute atomic E-state index is 8.27. The monoisotopic (exact) mass is 203 g/mol. The van der Waals surface area contributed by atoms with Crippen LogP contribution in [0.25, 0.3) is 0 Å². The Bertz CT molecular complexity index is 264. The minimum atomic E-state index is 0.447. The van der Waals surface area contributed by atoms with Gasteiger partial charge in [-0.05, 0) is 17.8 Å². The molecule has 0 unspecified atom stereocenters. The molecule has 3 nitrogen and oxygen atoms in total. The zero-order valence-electron chi connectivity index (χ0n) is 5.77. The van der Waals surface area contributed by atoms with E-state index >= 15 is 0 Å². The number of thioether (sulfide) groups is 2. The molecule has 0 saturated heterocycles. The average molecular weight is 203 g/mol. The van der Waals surface area contributed by atoms with Gasteiger partial charge in [-0.15, -0.1) is 0 Å². The van der Waals surface area contributed by atoms with Crippen LogP contribution in [0.1, 0.15) is 0 Å². The lowest BCUT2D eigenvalue weighted by atomic mass is 10.9. The maximum atomic E-state index is 8.27. The first-order chi connectivity index (χ1) is 5.36. The normalized spacial score (nSPS) is 9.45. The molecule has 0 bridgehead atoms. The van der Waals surface area contributed by atoms with Gasteiger partial charge in [-0.25, -0.2) is 4.98 Å². The first-order valence-electron chi connectivity index (χ1n) is 2.74. The Balaban J connectivity index is 2.53. The Hall–Kier alpha value is -0.250. The van der Waals surface area contributed by atoms with E-state index in [1.807, 2.05) is 12.3 Å². The first kappa shape index (κ1) is 8.84. The SMILES string of the molecule is CSc1nsc(SCC#N)n1. The highest BCUT2D eigenvalue weighted by Gasteiger charge is 2.01. The second-order valence-electron chi connectivity index (χ2n) is 1.49. The fourth-order valence-electron chi connectivity index (χ4n) is 0.433. The Labute approximate surface area is 77.4 Å². The third-order valence-corrected chi connectivity index (χ3v) is 3.20. The molecule has 1 heterocycles. The van der Waals surface area contributed by atoms with Crippen LogP contribution in [0.5, 0.6) is 0 Å². The zero-order chi connectivity index (χ0) is 8.10. The van der Waals surface area contributed by atoms with Gasteiger partial charge in [-0.1, -0.05) is 23.5 Å². The highest BCUT2D eigenvalue weighted by Crippen LogP contribution is 2.22. The van der Waals surface area contributed by atoms with Crippen molar-refractivity contribution in [1.82, 2.24) is 9.36 Å². The molecule has 0 aromatic carbocycles. The molecule has 11 heavy (non-hydrogen) atoms. The van der Waals surface area contributed by atoms with Crippen LogP contribution in [0.2, 0.25) is 0 Å². The van der Waals surface area contributed by atoms with Crippen LogP contribution < -0.4 is 0 Å². The molecule has 0 saturated carbocycles. The first-order valence-corrected chi connectivity index (χ1v) is 5.72. The molecule has 0 aliphatic rings. The molecular formula is C5H5N3S3. The molecular weight excluding hydrogens is 198 g/mol. The summed E-state index contributed by atoms with van der Waals surface area (Å²) in [5, 5.41) is 9.06. The molecule has 0 amide bonds. The van der Waals surface area contributed by atoms with Gasteiger partial charge >= 0.3 is 0 Å². The van der Waals surface area contributed by atoms with Crippen LogP contribution >= 0.6 is 35.1 Å². The van der Waals surface area contributed by atoms with Crippen LogP contribution in [0.4, 0.5) is 0 Å². The van der Waals surface area contributed by atoms with Crippen molar-refractivity contribution >= 4 is 35.1 Å². The third kappa shape index (κ3) is 2.69. The molecule has 6 heteroatoms. The summed E-state index contributed by atoms with van der Waals surface area (Å²) in [5.74, 6) is 0.447. The van der Waals surface area contributed by atoms with E-state index in [0.717, 1.165) is 9.50 Å². The van der Waals surface area contributed by atoms with Crippen molar-refractivity contribution in [2.24, 2.45) is 0 Å². The third-order valence-electron chi connectivity index (χ3n) is 0.832. The van der Waals surface area contributed by atoms with E-state index in [4.69, 9.17) is 5.26 Å². The molecule has 1 rings (SSSR count). The van der Waals surface area contributed by atoms with Crippen LogP contribution in [0, 0.1) is 11.3 Å². The average Bonchev–Trinajstić information content (AvgIpc) is 2.48. The molecule has 1 aromatic rings. The standard InChI is InChI=1S/C5H5N3S3/c1-9-4-7-5(11-8-4)10-3-2-6/h3H2,1H3. The second-order valence-corrected chi connectivity index (χ2v) is 4.24. The van der Waals surface area contributed by atoms with E-state index in [9.17, 15) is 0 Å². The Kier molecular flexibility index (Phi) is 3.69. The molecule has 58 valence electrons. The fourth-order valence-corrected chi connectivity index (χ4v) is 2.30. The minimum Gasteiger partial charge on any atom is -0.203 e. The summed E-state index contributed by atoms with van der Waals surface area (Å²) in [7, 11) is 0. The Morgan fingerprint density at radius 3 is 3.09 bits per heavy atom. The predicted molar refractivity (Wildman–Crippen MR) is 48.0 cm³/mol. The lowest BCUT2D eigenvalue weighted by molar-refractivity contribution is 1.02. The van der Waals surface area contributed by atoms with Gasteiger partial charge < -0.3 is 0 Å². The van der Waals surface area contributed by atoms with Crippen molar-refractivity contribution in [2.45, 2.75) is 9.50 Å². The fraction of sp³-hybridized carbons (Fsp3) is 0.400. The van der Waals surface area contributed by atoms with Crippen molar-refractivity contribution in [3.05, 3.63) is 0 Å². The van der Waals surface area contributed by atoms with Gasteiger partial charge in [0, 0.05) is 0 Å². The molecule has 0 spiro atoms. The van der Waals surface area contributed by atoms with E-state index < -0.39 is 0 Å². The Morgan fingerprint density at radius 1 is 1.73 bits per heavy atom. The van der Waals surface area contributed by atoms with Gasteiger partial charge in [0.25, 0.3) is 0 Å². The zero-order valence-corrected chi connectivity index (χ0v) is 8.22. The molecule has 0 aliphatic heterocycles. The van der Waals surface area contributed by atoms with Gasteiger partial charge in [0.05, 0.1) is 11.8 Å². The van der Waals surface area contributed by atoms with Gasteiger partial charge in [-0.2, -0.15) is 9.64 Å². The van der Waals surface area contributed by atoms with E-state index in [1.165, 1.54) is 35.1 Å².